The molecule has 0 aliphatic rings. The van der Waals surface area contributed by atoms with Gasteiger partial charge < -0.3 is 15.2 Å². The number of rotatable bonds is 4. The van der Waals surface area contributed by atoms with E-state index in [-0.39, 0.29) is 11.7 Å². The zero-order chi connectivity index (χ0) is 16.9. The predicted octanol–water partition coefficient (Wildman–Crippen LogP) is 4.32. The van der Waals surface area contributed by atoms with Crippen molar-refractivity contribution in [1.82, 2.24) is 0 Å². The van der Waals surface area contributed by atoms with Crippen LogP contribution >= 0.6 is 0 Å². The van der Waals surface area contributed by atoms with Crippen molar-refractivity contribution in [2.45, 2.75) is 0 Å². The van der Waals surface area contributed by atoms with Crippen molar-refractivity contribution in [3.63, 3.8) is 0 Å². The molecule has 24 heavy (non-hydrogen) atoms. The average Bonchev–Trinajstić information content (AvgIpc) is 2.64. The van der Waals surface area contributed by atoms with Gasteiger partial charge in [-0.15, -0.1) is 0 Å². The molecule has 3 aromatic rings. The first-order valence-corrected chi connectivity index (χ1v) is 7.51. The zero-order valence-corrected chi connectivity index (χ0v) is 13.2. The number of phenolic OH excluding ortho intramolecular Hbond substituents is 1. The molecular weight excluding hydrogens is 302 g/mol. The van der Waals surface area contributed by atoms with E-state index in [0.29, 0.717) is 17.0 Å². The molecule has 3 aromatic carbocycles. The van der Waals surface area contributed by atoms with E-state index in [0.717, 1.165) is 11.1 Å². The van der Waals surface area contributed by atoms with E-state index >= 15 is 0 Å². The molecule has 0 atom stereocenters. The summed E-state index contributed by atoms with van der Waals surface area (Å²) in [4.78, 5) is 12.4. The first-order valence-electron chi connectivity index (χ1n) is 7.51. The van der Waals surface area contributed by atoms with Gasteiger partial charge in [0.15, 0.2) is 0 Å². The predicted molar refractivity (Wildman–Crippen MR) is 94.5 cm³/mol. The smallest absolute Gasteiger partial charge is 0.255 e. The van der Waals surface area contributed by atoms with Crippen LogP contribution in [0.5, 0.6) is 11.5 Å². The van der Waals surface area contributed by atoms with Gasteiger partial charge in [-0.05, 0) is 48.0 Å². The third-order valence-electron chi connectivity index (χ3n) is 3.67. The van der Waals surface area contributed by atoms with Crippen molar-refractivity contribution < 1.29 is 14.6 Å². The maximum Gasteiger partial charge on any atom is 0.255 e. The molecule has 0 aliphatic carbocycles. The summed E-state index contributed by atoms with van der Waals surface area (Å²) in [5.74, 6) is 0.632. The van der Waals surface area contributed by atoms with E-state index < -0.39 is 0 Å². The number of benzene rings is 3. The second kappa shape index (κ2) is 6.87. The van der Waals surface area contributed by atoms with Crippen molar-refractivity contribution >= 4 is 11.6 Å². The Labute approximate surface area is 140 Å². The number of carbonyl (C=O) groups is 1. The highest BCUT2D eigenvalue weighted by Gasteiger charge is 2.11. The summed E-state index contributed by atoms with van der Waals surface area (Å²) >= 11 is 0. The number of hydrogen-bond donors (Lipinski definition) is 2. The summed E-state index contributed by atoms with van der Waals surface area (Å²) in [6.45, 7) is 0. The lowest BCUT2D eigenvalue weighted by Gasteiger charge is -2.13. The van der Waals surface area contributed by atoms with E-state index in [1.165, 1.54) is 0 Å². The highest BCUT2D eigenvalue weighted by molar-refractivity contribution is 6.06. The van der Waals surface area contributed by atoms with Crippen LogP contribution in [0.2, 0.25) is 0 Å². The van der Waals surface area contributed by atoms with Crippen molar-refractivity contribution in [2.24, 2.45) is 0 Å². The molecule has 0 aliphatic heterocycles. The number of aromatic hydroxyl groups is 1. The SMILES string of the molecule is COc1cccc(-c2cc(O)ccc2NC(=O)c2ccccc2)c1. The Kier molecular flexibility index (Phi) is 4.47. The molecular formula is C20H17NO3. The van der Waals surface area contributed by atoms with Crippen LogP contribution < -0.4 is 10.1 Å². The molecule has 1 amide bonds. The molecule has 0 radical (unpaired) electrons. The zero-order valence-electron chi connectivity index (χ0n) is 13.2. The van der Waals surface area contributed by atoms with E-state index in [1.807, 2.05) is 42.5 Å². The lowest BCUT2D eigenvalue weighted by Crippen LogP contribution is -2.12. The maximum atomic E-state index is 12.4. The molecule has 4 heteroatoms. The maximum absolute atomic E-state index is 12.4. The molecule has 120 valence electrons. The third-order valence-corrected chi connectivity index (χ3v) is 3.67. The number of amides is 1. The molecule has 0 spiro atoms. The van der Waals surface area contributed by atoms with Gasteiger partial charge in [0.2, 0.25) is 0 Å². The number of anilines is 1. The topological polar surface area (TPSA) is 58.6 Å². The highest BCUT2D eigenvalue weighted by Crippen LogP contribution is 2.33. The van der Waals surface area contributed by atoms with Crippen molar-refractivity contribution in [3.8, 4) is 22.6 Å². The lowest BCUT2D eigenvalue weighted by atomic mass is 10.0. The first kappa shape index (κ1) is 15.6. The monoisotopic (exact) mass is 319 g/mol. The fourth-order valence-corrected chi connectivity index (χ4v) is 2.45. The van der Waals surface area contributed by atoms with Crippen LogP contribution in [-0.2, 0) is 0 Å². The minimum absolute atomic E-state index is 0.130. The summed E-state index contributed by atoms with van der Waals surface area (Å²) in [7, 11) is 1.60. The van der Waals surface area contributed by atoms with Gasteiger partial charge >= 0.3 is 0 Å². The van der Waals surface area contributed by atoms with Crippen LogP contribution in [0.3, 0.4) is 0 Å². The largest absolute Gasteiger partial charge is 0.508 e. The van der Waals surface area contributed by atoms with Gasteiger partial charge in [-0.25, -0.2) is 0 Å². The number of hydrogen-bond acceptors (Lipinski definition) is 3. The van der Waals surface area contributed by atoms with E-state index in [2.05, 4.69) is 5.32 Å². The molecule has 0 bridgehead atoms. The minimum Gasteiger partial charge on any atom is -0.508 e. The number of carbonyl (C=O) groups excluding carboxylic acids is 1. The minimum atomic E-state index is -0.203. The Morgan fingerprint density at radius 2 is 1.75 bits per heavy atom. The Balaban J connectivity index is 1.98. The Morgan fingerprint density at radius 3 is 2.50 bits per heavy atom. The van der Waals surface area contributed by atoms with E-state index in [1.54, 1.807) is 37.4 Å². The quantitative estimate of drug-likeness (QED) is 0.704. The molecule has 0 saturated heterocycles. The summed E-state index contributed by atoms with van der Waals surface area (Å²) in [5.41, 5.74) is 2.75. The highest BCUT2D eigenvalue weighted by atomic mass is 16.5. The second-order valence-electron chi connectivity index (χ2n) is 5.28. The second-order valence-corrected chi connectivity index (χ2v) is 5.28. The average molecular weight is 319 g/mol. The number of methoxy groups -OCH3 is 1. The molecule has 0 heterocycles. The van der Waals surface area contributed by atoms with Gasteiger partial charge in [-0.2, -0.15) is 0 Å². The van der Waals surface area contributed by atoms with Crippen molar-refractivity contribution in [1.29, 1.82) is 0 Å². The Bertz CT molecular complexity index is 860. The fourth-order valence-electron chi connectivity index (χ4n) is 2.45. The Morgan fingerprint density at radius 1 is 0.958 bits per heavy atom. The first-order chi connectivity index (χ1) is 11.7. The number of ether oxygens (including phenoxy) is 1. The van der Waals surface area contributed by atoms with Gasteiger partial charge in [0.1, 0.15) is 11.5 Å². The van der Waals surface area contributed by atoms with Crippen molar-refractivity contribution in [2.75, 3.05) is 12.4 Å². The fraction of sp³-hybridized carbons (Fsp3) is 0.0500. The standard InChI is InChI=1S/C20H17NO3/c1-24-17-9-5-8-15(12-17)18-13-16(22)10-11-19(18)21-20(23)14-6-3-2-4-7-14/h2-13,22H,1H3,(H,21,23). The van der Waals surface area contributed by atoms with Crippen molar-refractivity contribution in [3.05, 3.63) is 78.4 Å². The van der Waals surface area contributed by atoms with Crippen LogP contribution in [0.25, 0.3) is 11.1 Å². The summed E-state index contributed by atoms with van der Waals surface area (Å²) < 4.78 is 5.25. The molecule has 0 unspecified atom stereocenters. The summed E-state index contributed by atoms with van der Waals surface area (Å²) in [5, 5.41) is 12.7. The molecule has 2 N–H and O–H groups in total. The van der Waals surface area contributed by atoms with Gasteiger partial charge in [-0.3, -0.25) is 4.79 Å². The van der Waals surface area contributed by atoms with Crippen LogP contribution in [0.1, 0.15) is 10.4 Å². The van der Waals surface area contributed by atoms with Gasteiger partial charge in [0.05, 0.1) is 7.11 Å². The van der Waals surface area contributed by atoms with Crippen LogP contribution in [0.15, 0.2) is 72.8 Å². The van der Waals surface area contributed by atoms with E-state index in [9.17, 15) is 9.90 Å². The number of nitrogens with one attached hydrogen (secondary N) is 1. The van der Waals surface area contributed by atoms with Gasteiger partial charge in [-0.1, -0.05) is 30.3 Å². The normalized spacial score (nSPS) is 10.2. The molecule has 4 nitrogen and oxygen atoms in total. The summed E-state index contributed by atoms with van der Waals surface area (Å²) in [6.07, 6.45) is 0. The van der Waals surface area contributed by atoms with Gasteiger partial charge in [0.25, 0.3) is 5.91 Å². The molecule has 0 saturated carbocycles. The van der Waals surface area contributed by atoms with Crippen LogP contribution in [-0.4, -0.2) is 18.1 Å². The lowest BCUT2D eigenvalue weighted by molar-refractivity contribution is 0.102. The van der Waals surface area contributed by atoms with Crippen LogP contribution in [0.4, 0.5) is 5.69 Å². The van der Waals surface area contributed by atoms with Gasteiger partial charge in [0, 0.05) is 16.8 Å². The number of phenols is 1. The third kappa shape index (κ3) is 3.38. The molecule has 3 rings (SSSR count). The van der Waals surface area contributed by atoms with E-state index in [4.69, 9.17) is 4.74 Å². The Hall–Kier alpha value is -3.27. The van der Waals surface area contributed by atoms with Crippen LogP contribution in [0, 0.1) is 0 Å². The molecule has 0 aromatic heterocycles. The molecule has 0 fully saturated rings. The summed E-state index contributed by atoms with van der Waals surface area (Å²) in [6, 6.07) is 21.3.